The number of aliphatic carboxylic acids is 1. The Kier molecular flexibility index (Phi) is 18.0. The lowest BCUT2D eigenvalue weighted by Crippen LogP contribution is -2.65. The number of ketones is 1. The number of carbonyl (C=O) groups excluding carboxylic acids is 2. The minimum absolute atomic E-state index is 0.0288. The minimum Gasteiger partial charge on any atom is -0.480 e. The van der Waals surface area contributed by atoms with Crippen LogP contribution in [0.3, 0.4) is 0 Å². The number of amides is 1. The van der Waals surface area contributed by atoms with Gasteiger partial charge in [-0.3, -0.25) is 14.6 Å². The molecule has 34 heavy (non-hydrogen) atoms. The largest absolute Gasteiger partial charge is 0.480 e. The molecule has 200 valence electrons. The Labute approximate surface area is 208 Å². The van der Waals surface area contributed by atoms with Crippen LogP contribution >= 0.6 is 0 Å². The number of carbonyl (C=O) groups is 3. The van der Waals surface area contributed by atoms with Crippen LogP contribution in [0.15, 0.2) is 0 Å². The third-order valence-corrected chi connectivity index (χ3v) is 6.60. The average molecular weight is 484 g/mol. The number of hydrazine groups is 1. The molecule has 0 bridgehead atoms. The molecule has 0 saturated carbocycles. The number of nitrogens with two attached hydrogens (primary N) is 1. The van der Waals surface area contributed by atoms with Crippen LogP contribution in [0.4, 0.5) is 0 Å². The van der Waals surface area contributed by atoms with E-state index in [2.05, 4.69) is 12.3 Å². The Balaban J connectivity index is 4.67. The number of nitrogens with one attached hydrogen (secondary N) is 1. The lowest BCUT2D eigenvalue weighted by atomic mass is 9.83. The summed E-state index contributed by atoms with van der Waals surface area (Å²) in [5.74, 6) is -2.44. The second-order valence-electron chi connectivity index (χ2n) is 9.99. The van der Waals surface area contributed by atoms with Crippen LogP contribution in [-0.4, -0.2) is 45.9 Å². The van der Waals surface area contributed by atoms with Crippen molar-refractivity contribution in [3.8, 4) is 0 Å². The third kappa shape index (κ3) is 11.8. The zero-order chi connectivity index (χ0) is 26.0. The van der Waals surface area contributed by atoms with Crippen molar-refractivity contribution in [2.24, 2.45) is 11.7 Å². The molecule has 2 atom stereocenters. The Morgan fingerprint density at radius 3 is 1.68 bits per heavy atom. The van der Waals surface area contributed by atoms with E-state index in [4.69, 9.17) is 5.73 Å². The van der Waals surface area contributed by atoms with Crippen molar-refractivity contribution >= 4 is 17.7 Å². The van der Waals surface area contributed by atoms with E-state index in [1.54, 1.807) is 6.92 Å². The van der Waals surface area contributed by atoms with Crippen LogP contribution in [0.2, 0.25) is 0 Å². The van der Waals surface area contributed by atoms with Crippen molar-refractivity contribution in [3.05, 3.63) is 0 Å². The van der Waals surface area contributed by atoms with Crippen LogP contribution in [0.25, 0.3) is 0 Å². The molecule has 0 fully saturated rings. The smallest absolute Gasteiger partial charge is 0.331 e. The van der Waals surface area contributed by atoms with Gasteiger partial charge in [-0.25, -0.2) is 10.2 Å². The Hall–Kier alpha value is -1.47. The monoisotopic (exact) mass is 483 g/mol. The zero-order valence-electron chi connectivity index (χ0n) is 22.7. The number of hydrogen-bond donors (Lipinski definition) is 3. The van der Waals surface area contributed by atoms with Crippen LogP contribution in [-0.2, 0) is 14.4 Å². The predicted molar refractivity (Wildman–Crippen MR) is 139 cm³/mol. The standard InChI is InChI=1S/C27H53N3O4/c1-6-9-10-11-12-13-14-15-16-17-18-19-21-29-30(23(31)20-7-2)24(22(4)5)25(32)27(28,8-3)26(33)34/h22,24,29H,6-21,28H2,1-5H3,(H,33,34). The van der Waals surface area contributed by atoms with Crippen LogP contribution in [0.1, 0.15) is 131 Å². The predicted octanol–water partition coefficient (Wildman–Crippen LogP) is 5.61. The number of rotatable bonds is 22. The van der Waals surface area contributed by atoms with E-state index >= 15 is 0 Å². The van der Waals surface area contributed by atoms with Gasteiger partial charge in [-0.05, 0) is 25.2 Å². The highest BCUT2D eigenvalue weighted by atomic mass is 16.4. The fourth-order valence-corrected chi connectivity index (χ4v) is 4.25. The van der Waals surface area contributed by atoms with Gasteiger partial charge in [-0.15, -0.1) is 0 Å². The lowest BCUT2D eigenvalue weighted by Gasteiger charge is -2.37. The second kappa shape index (κ2) is 18.8. The summed E-state index contributed by atoms with van der Waals surface area (Å²) in [6.45, 7) is 9.94. The van der Waals surface area contributed by atoms with E-state index in [0.717, 1.165) is 19.3 Å². The van der Waals surface area contributed by atoms with Crippen molar-refractivity contribution in [3.63, 3.8) is 0 Å². The lowest BCUT2D eigenvalue weighted by molar-refractivity contribution is -0.155. The summed E-state index contributed by atoms with van der Waals surface area (Å²) in [5.41, 5.74) is 7.14. The van der Waals surface area contributed by atoms with Gasteiger partial charge in [0.05, 0.1) is 0 Å². The van der Waals surface area contributed by atoms with Gasteiger partial charge in [-0.2, -0.15) is 0 Å². The maximum Gasteiger partial charge on any atom is 0.331 e. The van der Waals surface area contributed by atoms with Crippen molar-refractivity contribution in [2.75, 3.05) is 6.54 Å². The average Bonchev–Trinajstić information content (AvgIpc) is 2.80. The summed E-state index contributed by atoms with van der Waals surface area (Å²) in [4.78, 5) is 37.8. The summed E-state index contributed by atoms with van der Waals surface area (Å²) in [6.07, 6.45) is 15.9. The molecule has 0 aromatic heterocycles. The van der Waals surface area contributed by atoms with Gasteiger partial charge in [0.25, 0.3) is 0 Å². The number of Topliss-reactive ketones (excluding diaryl/α,β-unsaturated/α-hetero) is 1. The molecule has 0 aliphatic rings. The molecule has 0 heterocycles. The molecule has 0 aliphatic carbocycles. The van der Waals surface area contributed by atoms with Gasteiger partial charge in [0.2, 0.25) is 5.91 Å². The molecule has 0 aromatic carbocycles. The molecule has 0 spiro atoms. The fraction of sp³-hybridized carbons (Fsp3) is 0.889. The molecular weight excluding hydrogens is 430 g/mol. The quantitative estimate of drug-likeness (QED) is 0.105. The molecule has 0 aliphatic heterocycles. The van der Waals surface area contributed by atoms with Gasteiger partial charge < -0.3 is 10.8 Å². The van der Waals surface area contributed by atoms with E-state index in [1.165, 1.54) is 62.8 Å². The number of carboxylic acid groups (broad SMARTS) is 1. The molecule has 1 amide bonds. The van der Waals surface area contributed by atoms with Crippen LogP contribution in [0.5, 0.6) is 0 Å². The highest BCUT2D eigenvalue weighted by Gasteiger charge is 2.47. The van der Waals surface area contributed by atoms with E-state index in [-0.39, 0.29) is 18.2 Å². The molecule has 7 heteroatoms. The van der Waals surface area contributed by atoms with Gasteiger partial charge in [0, 0.05) is 13.0 Å². The first-order valence-electron chi connectivity index (χ1n) is 13.8. The first-order chi connectivity index (χ1) is 16.2. The van der Waals surface area contributed by atoms with Crippen LogP contribution in [0, 0.1) is 5.92 Å². The molecule has 0 aromatic rings. The highest BCUT2D eigenvalue weighted by Crippen LogP contribution is 2.21. The molecular formula is C27H53N3O4. The van der Waals surface area contributed by atoms with Crippen molar-refractivity contribution in [1.29, 1.82) is 0 Å². The normalized spacial score (nSPS) is 14.1. The molecule has 7 nitrogen and oxygen atoms in total. The summed E-state index contributed by atoms with van der Waals surface area (Å²) in [7, 11) is 0. The minimum atomic E-state index is -2.00. The van der Waals surface area contributed by atoms with Crippen molar-refractivity contribution in [1.82, 2.24) is 10.4 Å². The topological polar surface area (TPSA) is 113 Å². The number of nitrogens with zero attached hydrogens (tertiary/aromatic N) is 1. The number of hydrogen-bond acceptors (Lipinski definition) is 5. The number of unbranched alkanes of at least 4 members (excludes halogenated alkanes) is 11. The highest BCUT2D eigenvalue weighted by molar-refractivity contribution is 6.10. The Morgan fingerprint density at radius 1 is 0.824 bits per heavy atom. The maximum absolute atomic E-state index is 13.2. The van der Waals surface area contributed by atoms with E-state index in [9.17, 15) is 19.5 Å². The summed E-state index contributed by atoms with van der Waals surface area (Å²) in [5, 5.41) is 11.0. The Morgan fingerprint density at radius 2 is 1.29 bits per heavy atom. The SMILES string of the molecule is CCCCCCCCCCCCCCNN(C(=O)CCC)C(C(=O)C(N)(CC)C(=O)O)C(C)C. The number of carboxylic acids is 1. The Bertz CT molecular complexity index is 582. The van der Waals surface area contributed by atoms with Gasteiger partial charge in [-0.1, -0.05) is 105 Å². The van der Waals surface area contributed by atoms with Crippen LogP contribution < -0.4 is 11.2 Å². The van der Waals surface area contributed by atoms with E-state index in [1.807, 2.05) is 20.8 Å². The zero-order valence-corrected chi connectivity index (χ0v) is 22.7. The third-order valence-electron chi connectivity index (χ3n) is 6.60. The molecule has 0 radical (unpaired) electrons. The summed E-state index contributed by atoms with van der Waals surface area (Å²) < 4.78 is 0. The van der Waals surface area contributed by atoms with Gasteiger partial charge >= 0.3 is 5.97 Å². The van der Waals surface area contributed by atoms with Crippen molar-refractivity contribution in [2.45, 2.75) is 143 Å². The maximum atomic E-state index is 13.2. The van der Waals surface area contributed by atoms with Crippen molar-refractivity contribution < 1.29 is 19.5 Å². The summed E-state index contributed by atoms with van der Waals surface area (Å²) in [6, 6.07) is -0.919. The molecule has 2 unspecified atom stereocenters. The van der Waals surface area contributed by atoms with Gasteiger partial charge in [0.15, 0.2) is 11.3 Å². The second-order valence-corrected chi connectivity index (χ2v) is 9.99. The molecule has 0 rings (SSSR count). The molecule has 0 saturated heterocycles. The van der Waals surface area contributed by atoms with E-state index in [0.29, 0.717) is 19.4 Å². The summed E-state index contributed by atoms with van der Waals surface area (Å²) >= 11 is 0. The first-order valence-corrected chi connectivity index (χ1v) is 13.8. The first kappa shape index (κ1) is 32.5. The van der Waals surface area contributed by atoms with Gasteiger partial charge in [0.1, 0.15) is 6.04 Å². The molecule has 4 N–H and O–H groups in total. The fourth-order valence-electron chi connectivity index (χ4n) is 4.25. The van der Waals surface area contributed by atoms with E-state index < -0.39 is 23.3 Å².